The van der Waals surface area contributed by atoms with Gasteiger partial charge in [-0.15, -0.1) is 0 Å². The fourth-order valence-electron chi connectivity index (χ4n) is 2.24. The highest BCUT2D eigenvalue weighted by Crippen LogP contribution is 2.28. The molecule has 0 saturated carbocycles. The van der Waals surface area contributed by atoms with Gasteiger partial charge in [0.05, 0.1) is 30.4 Å². The van der Waals surface area contributed by atoms with Crippen LogP contribution in [0.1, 0.15) is 12.5 Å². The molecule has 0 bridgehead atoms. The van der Waals surface area contributed by atoms with Gasteiger partial charge in [0, 0.05) is 22.4 Å². The predicted octanol–water partition coefficient (Wildman–Crippen LogP) is 3.21. The highest BCUT2D eigenvalue weighted by molar-refractivity contribution is 6.31. The molecule has 0 aliphatic carbocycles. The molecule has 0 unspecified atom stereocenters. The van der Waals surface area contributed by atoms with Crippen LogP contribution in [0.15, 0.2) is 24.3 Å². The number of hydrogen-bond acceptors (Lipinski definition) is 4. The van der Waals surface area contributed by atoms with Crippen LogP contribution in [0.25, 0.3) is 10.9 Å². The molecule has 0 amide bonds. The zero-order valence-corrected chi connectivity index (χ0v) is 11.9. The number of nitriles is 1. The number of rotatable bonds is 3. The minimum atomic E-state index is 0.156. The summed E-state index contributed by atoms with van der Waals surface area (Å²) in [6.07, 6.45) is 0. The Morgan fingerprint density at radius 1 is 1.45 bits per heavy atom. The van der Waals surface area contributed by atoms with Crippen molar-refractivity contribution in [2.75, 3.05) is 25.1 Å². The molecular formula is C15H14ClN3O. The van der Waals surface area contributed by atoms with Crippen LogP contribution in [0.5, 0.6) is 0 Å². The number of pyridine rings is 1. The summed E-state index contributed by atoms with van der Waals surface area (Å²) in [5.41, 5.74) is 1.50. The molecule has 0 atom stereocenters. The van der Waals surface area contributed by atoms with E-state index in [2.05, 4.69) is 23.3 Å². The van der Waals surface area contributed by atoms with E-state index in [-0.39, 0.29) is 5.41 Å². The molecule has 5 heteroatoms. The molecule has 2 heterocycles. The maximum Gasteiger partial charge on any atom is 0.128 e. The second-order valence-electron chi connectivity index (χ2n) is 5.49. The predicted molar refractivity (Wildman–Crippen MR) is 78.9 cm³/mol. The van der Waals surface area contributed by atoms with Gasteiger partial charge in [-0.05, 0) is 24.3 Å². The van der Waals surface area contributed by atoms with E-state index in [4.69, 9.17) is 16.3 Å². The van der Waals surface area contributed by atoms with Crippen molar-refractivity contribution in [1.29, 1.82) is 5.26 Å². The smallest absolute Gasteiger partial charge is 0.128 e. The first-order valence-corrected chi connectivity index (χ1v) is 6.79. The molecule has 1 N–H and O–H groups in total. The molecule has 102 valence electrons. The maximum absolute atomic E-state index is 9.27. The molecule has 3 rings (SSSR count). The van der Waals surface area contributed by atoms with Gasteiger partial charge in [0.15, 0.2) is 0 Å². The molecule has 1 aromatic carbocycles. The Labute approximate surface area is 122 Å². The first-order chi connectivity index (χ1) is 9.59. The van der Waals surface area contributed by atoms with Crippen molar-refractivity contribution in [2.45, 2.75) is 6.92 Å². The average molecular weight is 288 g/mol. The van der Waals surface area contributed by atoms with Crippen molar-refractivity contribution in [1.82, 2.24) is 4.98 Å². The molecule has 2 aromatic rings. The Hall–Kier alpha value is -1.83. The summed E-state index contributed by atoms with van der Waals surface area (Å²) < 4.78 is 5.23. The number of ether oxygens (including phenoxy) is 1. The molecule has 1 saturated heterocycles. The largest absolute Gasteiger partial charge is 0.380 e. The third-order valence-corrected chi connectivity index (χ3v) is 3.72. The van der Waals surface area contributed by atoms with E-state index >= 15 is 0 Å². The number of aromatic nitrogens is 1. The number of nitrogens with one attached hydrogen (secondary N) is 1. The second kappa shape index (κ2) is 4.93. The highest BCUT2D eigenvalue weighted by atomic mass is 35.5. The number of benzene rings is 1. The summed E-state index contributed by atoms with van der Waals surface area (Å²) >= 11 is 5.97. The van der Waals surface area contributed by atoms with Crippen molar-refractivity contribution in [2.24, 2.45) is 5.41 Å². The summed E-state index contributed by atoms with van der Waals surface area (Å²) in [7, 11) is 0. The second-order valence-corrected chi connectivity index (χ2v) is 5.92. The number of nitrogens with zero attached hydrogens (tertiary/aromatic N) is 2. The van der Waals surface area contributed by atoms with Gasteiger partial charge in [-0.3, -0.25) is 0 Å². The van der Waals surface area contributed by atoms with Crippen molar-refractivity contribution in [3.63, 3.8) is 0 Å². The lowest BCUT2D eigenvalue weighted by atomic mass is 9.89. The molecule has 1 aliphatic rings. The van der Waals surface area contributed by atoms with Crippen LogP contribution >= 0.6 is 11.6 Å². The fourth-order valence-corrected chi connectivity index (χ4v) is 2.41. The normalized spacial score (nSPS) is 16.4. The Morgan fingerprint density at radius 2 is 2.25 bits per heavy atom. The summed E-state index contributed by atoms with van der Waals surface area (Å²) in [4.78, 5) is 4.52. The topological polar surface area (TPSA) is 57.9 Å². The van der Waals surface area contributed by atoms with Gasteiger partial charge in [0.2, 0.25) is 0 Å². The van der Waals surface area contributed by atoms with E-state index in [9.17, 15) is 5.26 Å². The van der Waals surface area contributed by atoms with Gasteiger partial charge in [-0.25, -0.2) is 4.98 Å². The Balaban J connectivity index is 1.92. The molecule has 1 aliphatic heterocycles. The lowest BCUT2D eigenvalue weighted by Crippen LogP contribution is -2.45. The Kier molecular flexibility index (Phi) is 3.25. The van der Waals surface area contributed by atoms with E-state index in [1.54, 1.807) is 18.2 Å². The van der Waals surface area contributed by atoms with Gasteiger partial charge in [-0.1, -0.05) is 18.5 Å². The fraction of sp³-hybridized carbons (Fsp3) is 0.333. The lowest BCUT2D eigenvalue weighted by Gasteiger charge is -2.38. The number of hydrogen-bond donors (Lipinski definition) is 1. The standard InChI is InChI=1S/C15H14ClN3O/c1-15(8-20-9-15)7-18-14-4-10(6-17)12-5-11(16)2-3-13(12)19-14/h2-5H,7-9H2,1H3,(H,18,19). The molecule has 20 heavy (non-hydrogen) atoms. The van der Waals surface area contributed by atoms with Crippen LogP contribution in [0.4, 0.5) is 5.82 Å². The Morgan fingerprint density at radius 3 is 2.90 bits per heavy atom. The summed E-state index contributed by atoms with van der Waals surface area (Å²) in [5.74, 6) is 0.712. The summed E-state index contributed by atoms with van der Waals surface area (Å²) in [6.45, 7) is 4.46. The van der Waals surface area contributed by atoms with Gasteiger partial charge in [-0.2, -0.15) is 5.26 Å². The zero-order valence-electron chi connectivity index (χ0n) is 11.1. The number of halogens is 1. The first kappa shape index (κ1) is 13.2. The third kappa shape index (κ3) is 2.43. The van der Waals surface area contributed by atoms with Crippen molar-refractivity contribution < 1.29 is 4.74 Å². The maximum atomic E-state index is 9.27. The molecule has 1 aromatic heterocycles. The SMILES string of the molecule is CC1(CNc2cc(C#N)c3cc(Cl)ccc3n2)COC1. The average Bonchev–Trinajstić information content (AvgIpc) is 2.42. The Bertz CT molecular complexity index is 704. The summed E-state index contributed by atoms with van der Waals surface area (Å²) in [5, 5.41) is 13.9. The highest BCUT2D eigenvalue weighted by Gasteiger charge is 2.33. The van der Waals surface area contributed by atoms with Gasteiger partial charge in [0.1, 0.15) is 5.82 Å². The zero-order chi connectivity index (χ0) is 14.2. The quantitative estimate of drug-likeness (QED) is 0.942. The molecule has 0 radical (unpaired) electrons. The monoisotopic (exact) mass is 287 g/mol. The van der Waals surface area contributed by atoms with Crippen LogP contribution in [-0.4, -0.2) is 24.7 Å². The van der Waals surface area contributed by atoms with Gasteiger partial charge >= 0.3 is 0 Å². The lowest BCUT2D eigenvalue weighted by molar-refractivity contribution is -0.0924. The van der Waals surface area contributed by atoms with Crippen molar-refractivity contribution >= 4 is 28.3 Å². The molecule has 4 nitrogen and oxygen atoms in total. The van der Waals surface area contributed by atoms with Gasteiger partial charge < -0.3 is 10.1 Å². The van der Waals surface area contributed by atoms with Crippen LogP contribution < -0.4 is 5.32 Å². The minimum Gasteiger partial charge on any atom is -0.380 e. The van der Waals surface area contributed by atoms with Crippen LogP contribution in [0, 0.1) is 16.7 Å². The van der Waals surface area contributed by atoms with Crippen LogP contribution in [0.2, 0.25) is 5.02 Å². The number of anilines is 1. The van der Waals surface area contributed by atoms with E-state index in [0.717, 1.165) is 30.7 Å². The first-order valence-electron chi connectivity index (χ1n) is 6.42. The van der Waals surface area contributed by atoms with E-state index in [1.807, 2.05) is 6.07 Å². The van der Waals surface area contributed by atoms with E-state index < -0.39 is 0 Å². The molecular weight excluding hydrogens is 274 g/mol. The third-order valence-electron chi connectivity index (χ3n) is 3.49. The van der Waals surface area contributed by atoms with Gasteiger partial charge in [0.25, 0.3) is 0 Å². The van der Waals surface area contributed by atoms with Crippen molar-refractivity contribution in [3.05, 3.63) is 34.9 Å². The van der Waals surface area contributed by atoms with E-state index in [1.165, 1.54) is 0 Å². The molecule has 1 fully saturated rings. The van der Waals surface area contributed by atoms with Crippen molar-refractivity contribution in [3.8, 4) is 6.07 Å². The van der Waals surface area contributed by atoms with Crippen LogP contribution in [0.3, 0.4) is 0 Å². The van der Waals surface area contributed by atoms with E-state index in [0.29, 0.717) is 16.4 Å². The minimum absolute atomic E-state index is 0.156. The molecule has 0 spiro atoms. The number of fused-ring (bicyclic) bond motifs is 1. The summed E-state index contributed by atoms with van der Waals surface area (Å²) in [6, 6.07) is 9.35. The van der Waals surface area contributed by atoms with Crippen LogP contribution in [-0.2, 0) is 4.74 Å².